The molecule has 0 bridgehead atoms. The lowest BCUT2D eigenvalue weighted by molar-refractivity contribution is 0.413. The zero-order valence-electron chi connectivity index (χ0n) is 19.3. The Morgan fingerprint density at radius 2 is 1.85 bits per heavy atom. The van der Waals surface area contributed by atoms with E-state index in [2.05, 4.69) is 9.71 Å². The van der Waals surface area contributed by atoms with E-state index in [1.807, 2.05) is 32.0 Å². The number of halogens is 2. The molecule has 4 rings (SSSR count). The zero-order chi connectivity index (χ0) is 24.6. The van der Waals surface area contributed by atoms with Gasteiger partial charge < -0.3 is 0 Å². The lowest BCUT2D eigenvalue weighted by atomic mass is 9.78. The number of fused-ring (bicyclic) bond motifs is 1. The molecule has 1 heterocycles. The lowest BCUT2D eigenvalue weighted by Crippen LogP contribution is -2.45. The highest BCUT2D eigenvalue weighted by Gasteiger charge is 2.35. The minimum absolute atomic E-state index is 0.0918. The third kappa shape index (κ3) is 5.10. The molecular formula is C25H27F2N3O3S. The number of aryl methyl sites for hydroxylation is 1. The van der Waals surface area contributed by atoms with E-state index in [-0.39, 0.29) is 11.6 Å². The molecule has 9 heteroatoms. The van der Waals surface area contributed by atoms with Crippen LogP contribution < -0.4 is 10.3 Å². The molecule has 1 aromatic heterocycles. The molecule has 1 aliphatic rings. The molecule has 0 radical (unpaired) electrons. The van der Waals surface area contributed by atoms with Gasteiger partial charge in [-0.3, -0.25) is 9.36 Å². The Morgan fingerprint density at radius 3 is 2.53 bits per heavy atom. The average Bonchev–Trinajstić information content (AvgIpc) is 2.76. The normalized spacial score (nSPS) is 18.2. The standard InChI is InChI=1S/C25H27F2N3O3S/c1-15(2)30-14-28-23-10-9-22(29-34(3,32)33)19(24(23)25(30)31)12-16-5-4-6-17(11-16)18-7-8-20(26)21(27)13-18/h4-8,11,13-15,19,22,29H,9-10,12H2,1-3H3/t19-,22-/m0/s1. The van der Waals surface area contributed by atoms with E-state index in [1.54, 1.807) is 17.0 Å². The highest BCUT2D eigenvalue weighted by molar-refractivity contribution is 7.88. The Kier molecular flexibility index (Phi) is 6.69. The Bertz CT molecular complexity index is 1390. The fourth-order valence-corrected chi connectivity index (χ4v) is 5.45. The molecular weight excluding hydrogens is 460 g/mol. The molecule has 1 aliphatic carbocycles. The number of hydrogen-bond acceptors (Lipinski definition) is 4. The summed E-state index contributed by atoms with van der Waals surface area (Å²) < 4.78 is 55.6. The SMILES string of the molecule is CC(C)n1cnc2c(c1=O)[C@@H](Cc1cccc(-c3ccc(F)c(F)c3)c1)[C@@H](NS(C)(=O)=O)CC2. The largest absolute Gasteiger partial charge is 0.296 e. The third-order valence-electron chi connectivity index (χ3n) is 6.22. The predicted octanol–water partition coefficient (Wildman–Crippen LogP) is 3.96. The molecule has 1 N–H and O–H groups in total. The maximum Gasteiger partial charge on any atom is 0.257 e. The molecule has 180 valence electrons. The van der Waals surface area contributed by atoms with Crippen molar-refractivity contribution in [2.45, 2.75) is 51.1 Å². The van der Waals surface area contributed by atoms with Crippen molar-refractivity contribution < 1.29 is 17.2 Å². The van der Waals surface area contributed by atoms with Gasteiger partial charge in [-0.15, -0.1) is 0 Å². The molecule has 2 atom stereocenters. The monoisotopic (exact) mass is 487 g/mol. The van der Waals surface area contributed by atoms with Crippen molar-refractivity contribution in [3.8, 4) is 11.1 Å². The lowest BCUT2D eigenvalue weighted by Gasteiger charge is -2.33. The maximum atomic E-state index is 13.8. The molecule has 0 spiro atoms. The summed E-state index contributed by atoms with van der Waals surface area (Å²) in [5.41, 5.74) is 3.13. The van der Waals surface area contributed by atoms with E-state index < -0.39 is 33.6 Å². The van der Waals surface area contributed by atoms with Crippen molar-refractivity contribution in [3.05, 3.63) is 87.6 Å². The molecule has 2 aromatic carbocycles. The second-order valence-electron chi connectivity index (χ2n) is 9.09. The summed E-state index contributed by atoms with van der Waals surface area (Å²) in [7, 11) is -3.51. The van der Waals surface area contributed by atoms with Crippen molar-refractivity contribution in [2.75, 3.05) is 6.26 Å². The second-order valence-corrected chi connectivity index (χ2v) is 10.9. The molecule has 3 aromatic rings. The molecule has 0 amide bonds. The van der Waals surface area contributed by atoms with Gasteiger partial charge in [-0.05, 0) is 61.9 Å². The number of benzene rings is 2. The number of hydrogen-bond donors (Lipinski definition) is 1. The molecule has 0 saturated heterocycles. The van der Waals surface area contributed by atoms with Gasteiger partial charge >= 0.3 is 0 Å². The zero-order valence-corrected chi connectivity index (χ0v) is 20.1. The number of sulfonamides is 1. The minimum Gasteiger partial charge on any atom is -0.296 e. The van der Waals surface area contributed by atoms with Crippen molar-refractivity contribution in [3.63, 3.8) is 0 Å². The number of nitrogens with zero attached hydrogens (tertiary/aromatic N) is 2. The van der Waals surface area contributed by atoms with Crippen LogP contribution in [0.3, 0.4) is 0 Å². The Morgan fingerprint density at radius 1 is 1.12 bits per heavy atom. The first-order chi connectivity index (χ1) is 16.0. The molecule has 0 aliphatic heterocycles. The number of rotatable bonds is 6. The quantitative estimate of drug-likeness (QED) is 0.571. The molecule has 0 saturated carbocycles. The van der Waals surface area contributed by atoms with E-state index in [0.29, 0.717) is 41.6 Å². The average molecular weight is 488 g/mol. The van der Waals surface area contributed by atoms with Crippen LogP contribution in [0.25, 0.3) is 11.1 Å². The van der Waals surface area contributed by atoms with E-state index in [1.165, 1.54) is 6.07 Å². The van der Waals surface area contributed by atoms with Crippen LogP contribution in [0.4, 0.5) is 8.78 Å². The van der Waals surface area contributed by atoms with Crippen LogP contribution in [0.15, 0.2) is 53.6 Å². The maximum absolute atomic E-state index is 13.8. The first kappa shape index (κ1) is 24.2. The summed E-state index contributed by atoms with van der Waals surface area (Å²) in [5, 5.41) is 0. The Hall–Kier alpha value is -2.91. The summed E-state index contributed by atoms with van der Waals surface area (Å²) in [6, 6.07) is 10.5. The minimum atomic E-state index is -3.51. The van der Waals surface area contributed by atoms with Crippen molar-refractivity contribution >= 4 is 10.0 Å². The van der Waals surface area contributed by atoms with Crippen LogP contribution in [-0.2, 0) is 22.9 Å². The Labute approximate surface area is 197 Å². The van der Waals surface area contributed by atoms with E-state index in [0.717, 1.165) is 24.0 Å². The van der Waals surface area contributed by atoms with Crippen LogP contribution in [0.2, 0.25) is 0 Å². The molecule has 0 unspecified atom stereocenters. The third-order valence-corrected chi connectivity index (χ3v) is 6.95. The summed E-state index contributed by atoms with van der Waals surface area (Å²) in [6.45, 7) is 3.79. The highest BCUT2D eigenvalue weighted by atomic mass is 32.2. The first-order valence-electron chi connectivity index (χ1n) is 11.1. The van der Waals surface area contributed by atoms with Crippen LogP contribution in [-0.4, -0.2) is 30.3 Å². The van der Waals surface area contributed by atoms with Gasteiger partial charge in [-0.25, -0.2) is 26.9 Å². The van der Waals surface area contributed by atoms with Gasteiger partial charge in [-0.1, -0.05) is 30.3 Å². The van der Waals surface area contributed by atoms with Gasteiger partial charge in [0.2, 0.25) is 10.0 Å². The van der Waals surface area contributed by atoms with Crippen LogP contribution >= 0.6 is 0 Å². The fraction of sp³-hybridized carbons (Fsp3) is 0.360. The smallest absolute Gasteiger partial charge is 0.257 e. The Balaban J connectivity index is 1.77. The number of nitrogens with one attached hydrogen (secondary N) is 1. The van der Waals surface area contributed by atoms with Crippen molar-refractivity contribution in [1.82, 2.24) is 14.3 Å². The van der Waals surface area contributed by atoms with E-state index >= 15 is 0 Å². The topological polar surface area (TPSA) is 81.1 Å². The van der Waals surface area contributed by atoms with Gasteiger partial charge in [-0.2, -0.15) is 0 Å². The van der Waals surface area contributed by atoms with Gasteiger partial charge in [0.05, 0.1) is 18.3 Å². The first-order valence-corrected chi connectivity index (χ1v) is 13.0. The molecule has 0 fully saturated rings. The van der Waals surface area contributed by atoms with E-state index in [9.17, 15) is 22.0 Å². The van der Waals surface area contributed by atoms with Crippen LogP contribution in [0, 0.1) is 11.6 Å². The van der Waals surface area contributed by atoms with E-state index in [4.69, 9.17) is 0 Å². The summed E-state index contributed by atoms with van der Waals surface area (Å²) >= 11 is 0. The van der Waals surface area contributed by atoms with Gasteiger partial charge in [0, 0.05) is 23.6 Å². The molecule has 34 heavy (non-hydrogen) atoms. The van der Waals surface area contributed by atoms with Gasteiger partial charge in [0.1, 0.15) is 0 Å². The number of aromatic nitrogens is 2. The van der Waals surface area contributed by atoms with Crippen LogP contribution in [0.5, 0.6) is 0 Å². The summed E-state index contributed by atoms with van der Waals surface area (Å²) in [6.07, 6.45) is 4.07. The summed E-state index contributed by atoms with van der Waals surface area (Å²) in [4.78, 5) is 17.9. The fourth-order valence-electron chi connectivity index (χ4n) is 4.62. The van der Waals surface area contributed by atoms with Gasteiger partial charge in [0.25, 0.3) is 5.56 Å². The van der Waals surface area contributed by atoms with Crippen LogP contribution in [0.1, 0.15) is 49.0 Å². The predicted molar refractivity (Wildman–Crippen MR) is 127 cm³/mol. The summed E-state index contributed by atoms with van der Waals surface area (Å²) in [5.74, 6) is -2.27. The van der Waals surface area contributed by atoms with Crippen molar-refractivity contribution in [2.24, 2.45) is 0 Å². The highest BCUT2D eigenvalue weighted by Crippen LogP contribution is 2.33. The second kappa shape index (κ2) is 9.38. The van der Waals surface area contributed by atoms with Gasteiger partial charge in [0.15, 0.2) is 11.6 Å². The van der Waals surface area contributed by atoms with Crippen molar-refractivity contribution in [1.29, 1.82) is 0 Å². The molecule has 6 nitrogen and oxygen atoms in total.